The van der Waals surface area contributed by atoms with E-state index in [1.165, 1.54) is 12.1 Å². The highest BCUT2D eigenvalue weighted by molar-refractivity contribution is 6.10. The summed E-state index contributed by atoms with van der Waals surface area (Å²) in [6.45, 7) is 0. The second-order valence-corrected chi connectivity index (χ2v) is 5.57. The molecule has 1 nitrogen and oxygen atoms in total. The van der Waals surface area contributed by atoms with Crippen LogP contribution in [0.1, 0.15) is 32.6 Å². The van der Waals surface area contributed by atoms with Gasteiger partial charge in [0.1, 0.15) is 0 Å². The molecule has 0 spiro atoms. The van der Waals surface area contributed by atoms with Crippen molar-refractivity contribution in [3.63, 3.8) is 0 Å². The van der Waals surface area contributed by atoms with Gasteiger partial charge in [-0.1, -0.05) is 54.3 Å². The molecule has 0 aliphatic carbocycles. The first-order valence-corrected chi connectivity index (χ1v) is 7.83. The van der Waals surface area contributed by atoms with E-state index in [0.717, 1.165) is 17.7 Å². The molecule has 0 saturated heterocycles. The molecule has 0 N–H and O–H groups in total. The lowest BCUT2D eigenvalue weighted by molar-refractivity contribution is -0.137. The van der Waals surface area contributed by atoms with E-state index in [0.29, 0.717) is 11.1 Å². The Morgan fingerprint density at radius 3 is 2.00 bits per heavy atom. The maximum Gasteiger partial charge on any atom is 0.416 e. The molecule has 3 aromatic carbocycles. The minimum Gasteiger partial charge on any atom is -0.289 e. The fourth-order valence-corrected chi connectivity index (χ4v) is 2.42. The van der Waals surface area contributed by atoms with Gasteiger partial charge >= 0.3 is 6.18 Å². The van der Waals surface area contributed by atoms with Crippen molar-refractivity contribution in [1.82, 2.24) is 0 Å². The molecule has 0 aliphatic rings. The molecule has 0 atom stereocenters. The van der Waals surface area contributed by atoms with E-state index in [1.54, 1.807) is 24.3 Å². The highest BCUT2D eigenvalue weighted by Crippen LogP contribution is 2.29. The van der Waals surface area contributed by atoms with Gasteiger partial charge in [0, 0.05) is 22.3 Å². The van der Waals surface area contributed by atoms with Crippen LogP contribution in [0.3, 0.4) is 0 Å². The zero-order valence-corrected chi connectivity index (χ0v) is 13.5. The highest BCUT2D eigenvalue weighted by atomic mass is 19.4. The molecule has 3 rings (SSSR count). The number of rotatable bonds is 2. The molecule has 0 aromatic heterocycles. The van der Waals surface area contributed by atoms with E-state index in [2.05, 4.69) is 11.8 Å². The molecule has 0 saturated carbocycles. The van der Waals surface area contributed by atoms with Crippen LogP contribution in [0.2, 0.25) is 0 Å². The van der Waals surface area contributed by atoms with Crippen molar-refractivity contribution in [3.8, 4) is 11.8 Å². The van der Waals surface area contributed by atoms with Gasteiger partial charge in [-0.2, -0.15) is 13.2 Å². The predicted octanol–water partition coefficient (Wildman–Crippen LogP) is 5.34. The first-order valence-electron chi connectivity index (χ1n) is 7.83. The van der Waals surface area contributed by atoms with Gasteiger partial charge in [-0.25, -0.2) is 0 Å². The van der Waals surface area contributed by atoms with Crippen molar-refractivity contribution >= 4 is 5.78 Å². The normalized spacial score (nSPS) is 10.7. The maximum absolute atomic E-state index is 12.7. The Morgan fingerprint density at radius 2 is 1.35 bits per heavy atom. The topological polar surface area (TPSA) is 17.1 Å². The van der Waals surface area contributed by atoms with Crippen LogP contribution in [0.15, 0.2) is 78.9 Å². The van der Waals surface area contributed by atoms with E-state index in [9.17, 15) is 18.0 Å². The van der Waals surface area contributed by atoms with Crippen LogP contribution >= 0.6 is 0 Å². The molecule has 4 heteroatoms. The zero-order chi connectivity index (χ0) is 18.6. The molecular formula is C22H13F3O. The minimum atomic E-state index is -4.43. The second-order valence-electron chi connectivity index (χ2n) is 5.57. The smallest absolute Gasteiger partial charge is 0.289 e. The molecule has 0 fully saturated rings. The fraction of sp³-hybridized carbons (Fsp3) is 0.0455. The summed E-state index contributed by atoms with van der Waals surface area (Å²) in [7, 11) is 0. The zero-order valence-electron chi connectivity index (χ0n) is 13.5. The van der Waals surface area contributed by atoms with Gasteiger partial charge in [0.2, 0.25) is 0 Å². The SMILES string of the molecule is O=C(c1ccc(C(F)(F)F)cc1)c1ccccc1C#Cc1ccccc1. The van der Waals surface area contributed by atoms with E-state index in [-0.39, 0.29) is 11.3 Å². The van der Waals surface area contributed by atoms with Crippen LogP contribution in [-0.2, 0) is 6.18 Å². The lowest BCUT2D eigenvalue weighted by Gasteiger charge is -2.08. The monoisotopic (exact) mass is 350 g/mol. The highest BCUT2D eigenvalue weighted by Gasteiger charge is 2.30. The molecule has 26 heavy (non-hydrogen) atoms. The van der Waals surface area contributed by atoms with Gasteiger partial charge in [0.25, 0.3) is 0 Å². The van der Waals surface area contributed by atoms with Crippen molar-refractivity contribution in [1.29, 1.82) is 0 Å². The Labute approximate surface area is 149 Å². The maximum atomic E-state index is 12.7. The Balaban J connectivity index is 1.93. The summed E-state index contributed by atoms with van der Waals surface area (Å²) in [5.41, 5.74) is 1.10. The Bertz CT molecular complexity index is 976. The van der Waals surface area contributed by atoms with Gasteiger partial charge in [-0.15, -0.1) is 0 Å². The van der Waals surface area contributed by atoms with Crippen LogP contribution in [0.5, 0.6) is 0 Å². The number of halogens is 3. The summed E-state index contributed by atoms with van der Waals surface area (Å²) < 4.78 is 38.0. The van der Waals surface area contributed by atoms with Crippen LogP contribution in [0.25, 0.3) is 0 Å². The third-order valence-corrected chi connectivity index (χ3v) is 3.76. The van der Waals surface area contributed by atoms with Gasteiger partial charge in [0.15, 0.2) is 5.78 Å². The number of ketones is 1. The number of benzene rings is 3. The molecule has 0 aliphatic heterocycles. The predicted molar refractivity (Wildman–Crippen MR) is 93.7 cm³/mol. The van der Waals surface area contributed by atoms with Crippen molar-refractivity contribution < 1.29 is 18.0 Å². The van der Waals surface area contributed by atoms with Gasteiger partial charge in [-0.05, 0) is 36.4 Å². The second kappa shape index (κ2) is 7.28. The molecule has 128 valence electrons. The summed E-state index contributed by atoms with van der Waals surface area (Å²) in [5, 5.41) is 0. The summed E-state index contributed by atoms with van der Waals surface area (Å²) in [4.78, 5) is 12.7. The van der Waals surface area contributed by atoms with Crippen LogP contribution < -0.4 is 0 Å². The van der Waals surface area contributed by atoms with Crippen LogP contribution in [0.4, 0.5) is 13.2 Å². The molecular weight excluding hydrogens is 337 g/mol. The summed E-state index contributed by atoms with van der Waals surface area (Å²) in [5.74, 6) is 5.59. The molecule has 0 heterocycles. The number of hydrogen-bond acceptors (Lipinski definition) is 1. The van der Waals surface area contributed by atoms with E-state index >= 15 is 0 Å². The lowest BCUT2D eigenvalue weighted by atomic mass is 9.97. The number of alkyl halides is 3. The van der Waals surface area contributed by atoms with Crippen molar-refractivity contribution in [2.24, 2.45) is 0 Å². The Kier molecular flexibility index (Phi) is 4.90. The van der Waals surface area contributed by atoms with Crippen LogP contribution in [0, 0.1) is 11.8 Å². The van der Waals surface area contributed by atoms with Gasteiger partial charge < -0.3 is 0 Å². The molecule has 0 bridgehead atoms. The van der Waals surface area contributed by atoms with Crippen LogP contribution in [-0.4, -0.2) is 5.78 Å². The third-order valence-electron chi connectivity index (χ3n) is 3.76. The number of carbonyl (C=O) groups is 1. The average molecular weight is 350 g/mol. The molecule has 3 aromatic rings. The van der Waals surface area contributed by atoms with E-state index < -0.39 is 11.7 Å². The summed E-state index contributed by atoms with van der Waals surface area (Å²) in [6, 6.07) is 20.3. The summed E-state index contributed by atoms with van der Waals surface area (Å²) in [6.07, 6.45) is -4.43. The van der Waals surface area contributed by atoms with Gasteiger partial charge in [0.05, 0.1) is 5.56 Å². The average Bonchev–Trinajstić information content (AvgIpc) is 2.66. The first-order chi connectivity index (χ1) is 12.4. The van der Waals surface area contributed by atoms with Crippen molar-refractivity contribution in [3.05, 3.63) is 107 Å². The standard InChI is InChI=1S/C22H13F3O/c23-22(24,25)19-14-12-18(13-15-19)21(26)20-9-5-4-8-17(20)11-10-16-6-2-1-3-7-16/h1-9,12-15H. The van der Waals surface area contributed by atoms with E-state index in [4.69, 9.17) is 0 Å². The number of carbonyl (C=O) groups excluding carboxylic acids is 1. The lowest BCUT2D eigenvalue weighted by Crippen LogP contribution is -2.07. The Morgan fingerprint density at radius 1 is 0.731 bits per heavy atom. The number of hydrogen-bond donors (Lipinski definition) is 0. The Hall–Kier alpha value is -3.32. The van der Waals surface area contributed by atoms with Gasteiger partial charge in [-0.3, -0.25) is 4.79 Å². The third kappa shape index (κ3) is 4.01. The fourth-order valence-electron chi connectivity index (χ4n) is 2.42. The molecule has 0 radical (unpaired) electrons. The summed E-state index contributed by atoms with van der Waals surface area (Å²) >= 11 is 0. The van der Waals surface area contributed by atoms with E-state index in [1.807, 2.05) is 30.3 Å². The quantitative estimate of drug-likeness (QED) is 0.451. The first kappa shape index (κ1) is 17.5. The van der Waals surface area contributed by atoms with Crippen molar-refractivity contribution in [2.75, 3.05) is 0 Å². The molecule has 0 amide bonds. The molecule has 0 unspecified atom stereocenters. The largest absolute Gasteiger partial charge is 0.416 e. The minimum absolute atomic E-state index is 0.187. The van der Waals surface area contributed by atoms with Crippen molar-refractivity contribution in [2.45, 2.75) is 6.18 Å².